The van der Waals surface area contributed by atoms with Gasteiger partial charge >= 0.3 is 0 Å². The van der Waals surface area contributed by atoms with Gasteiger partial charge in [-0.05, 0) is 67.3 Å². The quantitative estimate of drug-likeness (QED) is 0.586. The van der Waals surface area contributed by atoms with E-state index in [-0.39, 0.29) is 5.56 Å². The smallest absolute Gasteiger partial charge is 0.264 e. The molecule has 1 aliphatic carbocycles. The third-order valence-electron chi connectivity index (χ3n) is 3.51. The summed E-state index contributed by atoms with van der Waals surface area (Å²) in [4.78, 5) is 19.5. The lowest BCUT2D eigenvalue weighted by atomic mass is 10.0. The van der Waals surface area contributed by atoms with Gasteiger partial charge in [0.15, 0.2) is 16.3 Å². The lowest BCUT2D eigenvalue weighted by Crippen LogP contribution is -2.17. The number of H-pyrrole nitrogens is 1. The van der Waals surface area contributed by atoms with Crippen LogP contribution in [0.1, 0.15) is 37.3 Å². The predicted molar refractivity (Wildman–Crippen MR) is 91.9 cm³/mol. The van der Waals surface area contributed by atoms with E-state index >= 15 is 0 Å². The third-order valence-corrected chi connectivity index (χ3v) is 6.26. The maximum atomic E-state index is 12.1. The first-order valence-corrected chi connectivity index (χ1v) is 8.97. The van der Waals surface area contributed by atoms with Gasteiger partial charge in [-0.2, -0.15) is 0 Å². The molecule has 1 N–H and O–H groups in total. The van der Waals surface area contributed by atoms with E-state index in [1.807, 2.05) is 0 Å². The minimum atomic E-state index is -0.0962. The highest BCUT2D eigenvalue weighted by Crippen LogP contribution is 2.36. The summed E-state index contributed by atoms with van der Waals surface area (Å²) >= 11 is 8.75. The number of nitrogens with zero attached hydrogens (tertiary/aromatic N) is 1. The van der Waals surface area contributed by atoms with Crippen LogP contribution in [-0.2, 0) is 0 Å². The molecule has 4 nitrogen and oxygen atoms in total. The van der Waals surface area contributed by atoms with Crippen molar-refractivity contribution in [1.82, 2.24) is 9.97 Å². The van der Waals surface area contributed by atoms with Crippen molar-refractivity contribution in [2.75, 3.05) is 0 Å². The fourth-order valence-corrected chi connectivity index (χ4v) is 3.80. The maximum Gasteiger partial charge on any atom is 0.264 e. The molecule has 0 radical (unpaired) electrons. The van der Waals surface area contributed by atoms with E-state index in [2.05, 4.69) is 64.4 Å². The molecule has 20 heavy (non-hydrogen) atoms. The molecule has 0 bridgehead atoms. The number of aromatic amines is 1. The number of nitrogens with one attached hydrogen (secondary N) is 1. The van der Waals surface area contributed by atoms with Gasteiger partial charge < -0.3 is 9.40 Å². The highest BCUT2D eigenvalue weighted by atomic mass is 127. The van der Waals surface area contributed by atoms with E-state index in [1.54, 1.807) is 6.07 Å². The van der Waals surface area contributed by atoms with E-state index in [9.17, 15) is 4.79 Å². The van der Waals surface area contributed by atoms with Gasteiger partial charge in [-0.3, -0.25) is 4.79 Å². The molecular formula is C13H11Br2IN2O2. The first kappa shape index (κ1) is 14.8. The van der Waals surface area contributed by atoms with Crippen LogP contribution < -0.4 is 5.56 Å². The number of furan rings is 1. The summed E-state index contributed by atoms with van der Waals surface area (Å²) in [7, 11) is 0. The normalized spacial score (nSPS) is 15.9. The summed E-state index contributed by atoms with van der Waals surface area (Å²) in [5.41, 5.74) is 0.812. The van der Waals surface area contributed by atoms with Gasteiger partial charge in [-0.1, -0.05) is 12.8 Å². The molecule has 1 aliphatic rings. The molecular weight excluding hydrogens is 503 g/mol. The Labute approximate surface area is 146 Å². The van der Waals surface area contributed by atoms with Gasteiger partial charge in [0.05, 0.1) is 10.2 Å². The zero-order valence-electron chi connectivity index (χ0n) is 10.4. The molecule has 0 spiro atoms. The Bertz CT molecular complexity index is 685. The summed E-state index contributed by atoms with van der Waals surface area (Å²) in [6.07, 6.45) is 4.64. The monoisotopic (exact) mass is 512 g/mol. The first-order valence-electron chi connectivity index (χ1n) is 6.31. The highest BCUT2D eigenvalue weighted by Gasteiger charge is 2.24. The first-order chi connectivity index (χ1) is 9.56. The topological polar surface area (TPSA) is 58.9 Å². The molecule has 0 amide bonds. The van der Waals surface area contributed by atoms with Crippen molar-refractivity contribution in [3.8, 4) is 11.6 Å². The highest BCUT2D eigenvalue weighted by molar-refractivity contribution is 14.1. The number of rotatable bonds is 2. The fraction of sp³-hybridized carbons (Fsp3) is 0.385. The minimum Gasteiger partial charge on any atom is -0.445 e. The maximum absolute atomic E-state index is 12.1. The molecule has 7 heteroatoms. The lowest BCUT2D eigenvalue weighted by Gasteiger charge is -2.11. The van der Waals surface area contributed by atoms with Crippen LogP contribution in [0.3, 0.4) is 0 Å². The van der Waals surface area contributed by atoms with Crippen LogP contribution in [0.15, 0.2) is 24.4 Å². The molecule has 2 heterocycles. The van der Waals surface area contributed by atoms with Crippen LogP contribution in [0, 0.1) is 3.57 Å². The van der Waals surface area contributed by atoms with Crippen molar-refractivity contribution in [3.05, 3.63) is 34.8 Å². The van der Waals surface area contributed by atoms with Crippen molar-refractivity contribution in [2.24, 2.45) is 0 Å². The van der Waals surface area contributed by atoms with Crippen LogP contribution in [0.4, 0.5) is 0 Å². The van der Waals surface area contributed by atoms with Crippen molar-refractivity contribution in [1.29, 1.82) is 0 Å². The van der Waals surface area contributed by atoms with Crippen LogP contribution in [0.25, 0.3) is 11.6 Å². The molecule has 0 saturated heterocycles. The number of halogens is 3. The molecule has 2 aromatic rings. The summed E-state index contributed by atoms with van der Waals surface area (Å²) < 4.78 is 7.64. The predicted octanol–water partition coefficient (Wildman–Crippen LogP) is 4.82. The molecule has 2 aromatic heterocycles. The van der Waals surface area contributed by atoms with E-state index < -0.39 is 0 Å². The van der Waals surface area contributed by atoms with Crippen LogP contribution in [0.2, 0.25) is 0 Å². The lowest BCUT2D eigenvalue weighted by molar-refractivity contribution is 0.547. The SMILES string of the molecule is O=c1[nH]c(-c2cc(Br)c(Br)o2)nc(C2CCCC2)c1I. The van der Waals surface area contributed by atoms with E-state index in [0.29, 0.717) is 25.7 Å². The van der Waals surface area contributed by atoms with Crippen molar-refractivity contribution >= 4 is 54.5 Å². The van der Waals surface area contributed by atoms with Gasteiger partial charge in [0.1, 0.15) is 3.57 Å². The average Bonchev–Trinajstić information content (AvgIpc) is 3.04. The fourth-order valence-electron chi connectivity index (χ4n) is 2.53. The number of aromatic nitrogens is 2. The van der Waals surface area contributed by atoms with E-state index in [4.69, 9.17) is 4.42 Å². The molecule has 106 valence electrons. The molecule has 0 aromatic carbocycles. The Balaban J connectivity index is 2.10. The third kappa shape index (κ3) is 2.76. The molecule has 1 fully saturated rings. The molecule has 3 rings (SSSR count). The zero-order valence-corrected chi connectivity index (χ0v) is 15.7. The second-order valence-corrected chi connectivity index (χ2v) is 7.48. The van der Waals surface area contributed by atoms with Crippen LogP contribution in [-0.4, -0.2) is 9.97 Å². The summed E-state index contributed by atoms with van der Waals surface area (Å²) in [5.74, 6) is 1.44. The van der Waals surface area contributed by atoms with E-state index in [1.165, 1.54) is 12.8 Å². The number of hydrogen-bond acceptors (Lipinski definition) is 3. The van der Waals surface area contributed by atoms with Gasteiger partial charge in [-0.15, -0.1) is 0 Å². The standard InChI is InChI=1S/C13H11Br2IN2O2/c14-7-5-8(20-11(7)15)12-17-10(6-3-1-2-4-6)9(16)13(19)18-12/h5-6H,1-4H2,(H,17,18,19). The zero-order chi connectivity index (χ0) is 14.3. The van der Waals surface area contributed by atoms with Crippen LogP contribution in [0.5, 0.6) is 0 Å². The van der Waals surface area contributed by atoms with Crippen molar-refractivity contribution in [3.63, 3.8) is 0 Å². The van der Waals surface area contributed by atoms with Gasteiger partial charge in [-0.25, -0.2) is 4.98 Å². The van der Waals surface area contributed by atoms with Crippen LogP contribution >= 0.6 is 54.5 Å². The van der Waals surface area contributed by atoms with Crippen molar-refractivity contribution < 1.29 is 4.42 Å². The Morgan fingerprint density at radius 1 is 1.35 bits per heavy atom. The Morgan fingerprint density at radius 3 is 2.65 bits per heavy atom. The van der Waals surface area contributed by atoms with Gasteiger partial charge in [0.2, 0.25) is 0 Å². The Hall–Kier alpha value is -0.150. The van der Waals surface area contributed by atoms with Gasteiger partial charge in [0.25, 0.3) is 5.56 Å². The molecule has 0 atom stereocenters. The van der Waals surface area contributed by atoms with Gasteiger partial charge in [0, 0.05) is 12.0 Å². The second kappa shape index (κ2) is 5.92. The minimum absolute atomic E-state index is 0.0962. The molecule has 1 saturated carbocycles. The summed E-state index contributed by atoms with van der Waals surface area (Å²) in [6, 6.07) is 1.80. The van der Waals surface area contributed by atoms with Crippen molar-refractivity contribution in [2.45, 2.75) is 31.6 Å². The number of hydrogen-bond donors (Lipinski definition) is 1. The average molecular weight is 514 g/mol. The largest absolute Gasteiger partial charge is 0.445 e. The van der Waals surface area contributed by atoms with E-state index in [0.717, 1.165) is 23.0 Å². The molecule has 0 aliphatic heterocycles. The summed E-state index contributed by atoms with van der Waals surface area (Å²) in [5, 5.41) is 0. The Kier molecular flexibility index (Phi) is 4.37. The summed E-state index contributed by atoms with van der Waals surface area (Å²) in [6.45, 7) is 0. The second-order valence-electron chi connectivity index (χ2n) is 4.83. The Morgan fingerprint density at radius 2 is 2.05 bits per heavy atom. The molecule has 0 unspecified atom stereocenters.